The van der Waals surface area contributed by atoms with Crippen molar-refractivity contribution in [3.05, 3.63) is 48.6 Å². The van der Waals surface area contributed by atoms with E-state index in [0.717, 1.165) is 5.56 Å². The van der Waals surface area contributed by atoms with Crippen LogP contribution in [-0.4, -0.2) is 47.4 Å². The van der Waals surface area contributed by atoms with E-state index in [2.05, 4.69) is 6.58 Å². The van der Waals surface area contributed by atoms with Crippen molar-refractivity contribution >= 4 is 12.1 Å². The number of rotatable bonds is 5. The molecule has 1 aliphatic rings. The molecule has 118 valence electrons. The molecule has 1 aromatic carbocycles. The molecule has 1 heterocycles. The van der Waals surface area contributed by atoms with Gasteiger partial charge in [0.2, 0.25) is 0 Å². The second-order valence-corrected chi connectivity index (χ2v) is 5.10. The van der Waals surface area contributed by atoms with Crippen molar-refractivity contribution in [2.75, 3.05) is 19.7 Å². The molecule has 0 aliphatic carbocycles. The highest BCUT2D eigenvalue weighted by molar-refractivity contribution is 5.79. The highest BCUT2D eigenvalue weighted by atomic mass is 16.6. The highest BCUT2D eigenvalue weighted by Gasteiger charge is 2.44. The van der Waals surface area contributed by atoms with Gasteiger partial charge in [-0.3, -0.25) is 0 Å². The first-order valence-corrected chi connectivity index (χ1v) is 7.01. The second-order valence-electron chi connectivity index (χ2n) is 5.10. The van der Waals surface area contributed by atoms with Gasteiger partial charge in [-0.15, -0.1) is 6.58 Å². The van der Waals surface area contributed by atoms with Crippen LogP contribution >= 0.6 is 0 Å². The molecule has 6 heteroatoms. The van der Waals surface area contributed by atoms with Gasteiger partial charge < -0.3 is 19.5 Å². The van der Waals surface area contributed by atoms with E-state index in [1.54, 1.807) is 0 Å². The van der Waals surface area contributed by atoms with Gasteiger partial charge in [0.1, 0.15) is 6.61 Å². The SMILES string of the molecule is C=CCC1(C(=O)O)CN(C(=O)OCc2ccccc2)CCO1. The van der Waals surface area contributed by atoms with Crippen LogP contribution in [0.15, 0.2) is 43.0 Å². The zero-order valence-corrected chi connectivity index (χ0v) is 12.2. The Morgan fingerprint density at radius 3 is 2.77 bits per heavy atom. The maximum absolute atomic E-state index is 12.1. The van der Waals surface area contributed by atoms with Crippen molar-refractivity contribution in [1.82, 2.24) is 4.90 Å². The number of carbonyl (C=O) groups excluding carboxylic acids is 1. The Morgan fingerprint density at radius 2 is 2.14 bits per heavy atom. The van der Waals surface area contributed by atoms with Crippen molar-refractivity contribution in [1.29, 1.82) is 0 Å². The van der Waals surface area contributed by atoms with Gasteiger partial charge in [0.25, 0.3) is 0 Å². The van der Waals surface area contributed by atoms with E-state index >= 15 is 0 Å². The summed E-state index contributed by atoms with van der Waals surface area (Å²) in [5.41, 5.74) is -0.564. The summed E-state index contributed by atoms with van der Waals surface area (Å²) >= 11 is 0. The Bertz CT molecular complexity index is 545. The van der Waals surface area contributed by atoms with Crippen LogP contribution in [0.5, 0.6) is 0 Å². The van der Waals surface area contributed by atoms with E-state index in [1.807, 2.05) is 30.3 Å². The van der Waals surface area contributed by atoms with Gasteiger partial charge in [-0.25, -0.2) is 9.59 Å². The molecular weight excluding hydrogens is 286 g/mol. The molecule has 0 aromatic heterocycles. The lowest BCUT2D eigenvalue weighted by Crippen LogP contribution is -2.57. The standard InChI is InChI=1S/C16H19NO5/c1-2-8-16(14(18)19)12-17(9-10-22-16)15(20)21-11-13-6-4-3-5-7-13/h2-7H,1,8-12H2,(H,18,19). The predicted molar refractivity (Wildman–Crippen MR) is 79.3 cm³/mol. The van der Waals surface area contributed by atoms with Crippen LogP contribution in [0.25, 0.3) is 0 Å². The van der Waals surface area contributed by atoms with E-state index in [1.165, 1.54) is 11.0 Å². The van der Waals surface area contributed by atoms with Crippen molar-refractivity contribution in [3.63, 3.8) is 0 Å². The highest BCUT2D eigenvalue weighted by Crippen LogP contribution is 2.23. The summed E-state index contributed by atoms with van der Waals surface area (Å²) in [6.45, 7) is 4.11. The number of nitrogens with zero attached hydrogens (tertiary/aromatic N) is 1. The number of hydrogen-bond acceptors (Lipinski definition) is 4. The first kappa shape index (κ1) is 16.0. The number of hydrogen-bond donors (Lipinski definition) is 1. The summed E-state index contributed by atoms with van der Waals surface area (Å²) in [5, 5.41) is 9.38. The number of morpholine rings is 1. The van der Waals surface area contributed by atoms with E-state index in [-0.39, 0.29) is 26.2 Å². The Balaban J connectivity index is 1.97. The molecule has 1 aliphatic heterocycles. The second kappa shape index (κ2) is 7.09. The lowest BCUT2D eigenvalue weighted by molar-refractivity contribution is -0.175. The normalized spacial score (nSPS) is 21.2. The van der Waals surface area contributed by atoms with Crippen LogP contribution in [0.3, 0.4) is 0 Å². The molecule has 1 aromatic rings. The molecule has 1 atom stereocenters. The zero-order chi connectivity index (χ0) is 16.0. The Morgan fingerprint density at radius 1 is 1.41 bits per heavy atom. The number of carbonyl (C=O) groups is 2. The maximum atomic E-state index is 12.1. The maximum Gasteiger partial charge on any atom is 0.410 e. The molecule has 0 radical (unpaired) electrons. The number of carboxylic acids is 1. The fourth-order valence-corrected chi connectivity index (χ4v) is 2.32. The molecule has 0 spiro atoms. The van der Waals surface area contributed by atoms with Gasteiger partial charge in [-0.05, 0) is 5.56 Å². The lowest BCUT2D eigenvalue weighted by atomic mass is 9.97. The summed E-state index contributed by atoms with van der Waals surface area (Å²) in [5.74, 6) is -1.10. The van der Waals surface area contributed by atoms with Crippen molar-refractivity contribution < 1.29 is 24.2 Å². The van der Waals surface area contributed by atoms with E-state index < -0.39 is 17.7 Å². The fraction of sp³-hybridized carbons (Fsp3) is 0.375. The molecule has 0 saturated carbocycles. The molecule has 1 N–H and O–H groups in total. The summed E-state index contributed by atoms with van der Waals surface area (Å²) < 4.78 is 10.6. The van der Waals surface area contributed by atoms with Gasteiger partial charge >= 0.3 is 12.1 Å². The van der Waals surface area contributed by atoms with Crippen molar-refractivity contribution in [2.45, 2.75) is 18.6 Å². The monoisotopic (exact) mass is 305 g/mol. The average molecular weight is 305 g/mol. The van der Waals surface area contributed by atoms with Gasteiger partial charge in [0.05, 0.1) is 13.2 Å². The third kappa shape index (κ3) is 3.65. The minimum Gasteiger partial charge on any atom is -0.479 e. The topological polar surface area (TPSA) is 76.1 Å². The van der Waals surface area contributed by atoms with Gasteiger partial charge in [-0.2, -0.15) is 0 Å². The molecular formula is C16H19NO5. The molecule has 22 heavy (non-hydrogen) atoms. The molecule has 2 rings (SSSR count). The number of aliphatic carboxylic acids is 1. The van der Waals surface area contributed by atoms with Crippen LogP contribution in [0.2, 0.25) is 0 Å². The minimum atomic E-state index is -1.44. The van der Waals surface area contributed by atoms with Crippen molar-refractivity contribution in [2.24, 2.45) is 0 Å². The third-order valence-corrected chi connectivity index (χ3v) is 3.51. The first-order chi connectivity index (χ1) is 10.6. The number of amides is 1. The average Bonchev–Trinajstić information content (AvgIpc) is 2.54. The largest absolute Gasteiger partial charge is 0.479 e. The summed E-state index contributed by atoms with van der Waals surface area (Å²) in [4.78, 5) is 24.9. The Hall–Kier alpha value is -2.34. The molecule has 1 amide bonds. The number of benzene rings is 1. The number of ether oxygens (including phenoxy) is 2. The fourth-order valence-electron chi connectivity index (χ4n) is 2.32. The van der Waals surface area contributed by atoms with E-state index in [0.29, 0.717) is 6.54 Å². The first-order valence-electron chi connectivity index (χ1n) is 7.01. The van der Waals surface area contributed by atoms with Crippen LogP contribution in [0.1, 0.15) is 12.0 Å². The molecule has 0 bridgehead atoms. The lowest BCUT2D eigenvalue weighted by Gasteiger charge is -2.38. The summed E-state index contributed by atoms with van der Waals surface area (Å²) in [7, 11) is 0. The Kier molecular flexibility index (Phi) is 5.16. The predicted octanol–water partition coefficient (Wildman–Crippen LogP) is 2.05. The van der Waals surface area contributed by atoms with Gasteiger partial charge in [0.15, 0.2) is 5.60 Å². The van der Waals surface area contributed by atoms with Gasteiger partial charge in [0, 0.05) is 13.0 Å². The number of carboxylic acid groups (broad SMARTS) is 1. The van der Waals surface area contributed by atoms with Crippen LogP contribution in [0, 0.1) is 0 Å². The van der Waals surface area contributed by atoms with E-state index in [9.17, 15) is 14.7 Å². The molecule has 6 nitrogen and oxygen atoms in total. The molecule has 1 saturated heterocycles. The molecule has 1 fully saturated rings. The zero-order valence-electron chi connectivity index (χ0n) is 12.2. The minimum absolute atomic E-state index is 0.0536. The smallest absolute Gasteiger partial charge is 0.410 e. The summed E-state index contributed by atoms with van der Waals surface area (Å²) in [6.07, 6.45) is 1.07. The van der Waals surface area contributed by atoms with Crippen LogP contribution in [0.4, 0.5) is 4.79 Å². The molecule has 1 unspecified atom stereocenters. The quantitative estimate of drug-likeness (QED) is 0.843. The summed E-state index contributed by atoms with van der Waals surface area (Å²) in [6, 6.07) is 9.30. The van der Waals surface area contributed by atoms with Gasteiger partial charge in [-0.1, -0.05) is 36.4 Å². The van der Waals surface area contributed by atoms with Crippen LogP contribution < -0.4 is 0 Å². The third-order valence-electron chi connectivity index (χ3n) is 3.51. The van der Waals surface area contributed by atoms with E-state index in [4.69, 9.17) is 9.47 Å². The Labute approximate surface area is 128 Å². The van der Waals surface area contributed by atoms with Crippen molar-refractivity contribution in [3.8, 4) is 0 Å². The van der Waals surface area contributed by atoms with Crippen LogP contribution in [-0.2, 0) is 20.9 Å².